The summed E-state index contributed by atoms with van der Waals surface area (Å²) in [5.74, 6) is -0.424. The van der Waals surface area contributed by atoms with Gasteiger partial charge in [-0.15, -0.1) is 11.3 Å². The van der Waals surface area contributed by atoms with Crippen molar-refractivity contribution >= 4 is 29.2 Å². The summed E-state index contributed by atoms with van der Waals surface area (Å²) in [6.07, 6.45) is 1.03. The number of benzene rings is 1. The predicted octanol–water partition coefficient (Wildman–Crippen LogP) is 3.34. The fraction of sp³-hybridized carbons (Fsp3) is 0.0909. The highest BCUT2D eigenvalue weighted by Crippen LogP contribution is 2.21. The quantitative estimate of drug-likeness (QED) is 0.788. The average Bonchev–Trinajstić information content (AvgIpc) is 2.73. The van der Waals surface area contributed by atoms with Crippen LogP contribution < -0.4 is 0 Å². The van der Waals surface area contributed by atoms with E-state index < -0.39 is 5.82 Å². The summed E-state index contributed by atoms with van der Waals surface area (Å²) in [7, 11) is 0. The van der Waals surface area contributed by atoms with Crippen LogP contribution >= 0.6 is 22.9 Å². The van der Waals surface area contributed by atoms with Gasteiger partial charge in [0.25, 0.3) is 0 Å². The Morgan fingerprint density at radius 3 is 3.00 bits per heavy atom. The van der Waals surface area contributed by atoms with Crippen molar-refractivity contribution in [2.75, 3.05) is 0 Å². The number of thiazole rings is 1. The number of carbonyl (C=O) groups excluding carboxylic acids is 1. The van der Waals surface area contributed by atoms with Crippen LogP contribution in [0, 0.1) is 5.82 Å². The number of aromatic nitrogens is 1. The highest BCUT2D eigenvalue weighted by atomic mass is 35.5. The van der Waals surface area contributed by atoms with Gasteiger partial charge in [-0.25, -0.2) is 9.37 Å². The largest absolute Gasteiger partial charge is 0.296 e. The topological polar surface area (TPSA) is 30.0 Å². The number of carbonyl (C=O) groups is 1. The summed E-state index contributed by atoms with van der Waals surface area (Å²) in [4.78, 5) is 14.5. The molecule has 0 atom stereocenters. The summed E-state index contributed by atoms with van der Waals surface area (Å²) in [6, 6.07) is 4.84. The van der Waals surface area contributed by atoms with Gasteiger partial charge in [0.1, 0.15) is 11.5 Å². The summed E-state index contributed by atoms with van der Waals surface area (Å²) in [5.41, 5.74) is 0.863. The van der Waals surface area contributed by atoms with Crippen molar-refractivity contribution in [3.05, 3.63) is 50.7 Å². The highest BCUT2D eigenvalue weighted by Gasteiger charge is 2.09. The van der Waals surface area contributed by atoms with E-state index in [1.807, 2.05) is 0 Å². The molecular weight excluding hydrogens is 249 g/mol. The van der Waals surface area contributed by atoms with Crippen molar-refractivity contribution < 1.29 is 9.18 Å². The van der Waals surface area contributed by atoms with E-state index in [9.17, 15) is 9.18 Å². The number of rotatable bonds is 3. The molecule has 2 nitrogen and oxygen atoms in total. The Labute approximate surface area is 101 Å². The smallest absolute Gasteiger partial charge is 0.169 e. The van der Waals surface area contributed by atoms with Gasteiger partial charge in [-0.2, -0.15) is 0 Å². The van der Waals surface area contributed by atoms with E-state index in [1.165, 1.54) is 17.4 Å². The third-order valence-corrected chi connectivity index (χ3v) is 3.22. The summed E-state index contributed by atoms with van der Waals surface area (Å²) in [6.45, 7) is 0. The molecule has 1 aromatic carbocycles. The van der Waals surface area contributed by atoms with Crippen LogP contribution in [0.15, 0.2) is 23.6 Å². The minimum Gasteiger partial charge on any atom is -0.296 e. The van der Waals surface area contributed by atoms with E-state index in [1.54, 1.807) is 17.5 Å². The third kappa shape index (κ3) is 2.28. The lowest BCUT2D eigenvalue weighted by Crippen LogP contribution is -1.93. The van der Waals surface area contributed by atoms with Gasteiger partial charge in [-0.05, 0) is 11.6 Å². The van der Waals surface area contributed by atoms with Crippen molar-refractivity contribution in [3.8, 4) is 0 Å². The zero-order chi connectivity index (χ0) is 11.5. The molecule has 2 rings (SSSR count). The number of aldehydes is 1. The highest BCUT2D eigenvalue weighted by molar-refractivity contribution is 7.09. The molecular formula is C11H7ClFNOS. The molecule has 82 valence electrons. The Bertz CT molecular complexity index is 526. The van der Waals surface area contributed by atoms with Crippen LogP contribution in [0.2, 0.25) is 5.02 Å². The van der Waals surface area contributed by atoms with Crippen LogP contribution in [0.25, 0.3) is 0 Å². The van der Waals surface area contributed by atoms with Crippen molar-refractivity contribution in [1.82, 2.24) is 4.98 Å². The zero-order valence-corrected chi connectivity index (χ0v) is 9.69. The van der Waals surface area contributed by atoms with Gasteiger partial charge >= 0.3 is 0 Å². The molecule has 16 heavy (non-hydrogen) atoms. The minimum absolute atomic E-state index is 0.102. The third-order valence-electron chi connectivity index (χ3n) is 2.06. The van der Waals surface area contributed by atoms with Gasteiger partial charge < -0.3 is 0 Å². The van der Waals surface area contributed by atoms with Crippen LogP contribution in [-0.2, 0) is 6.42 Å². The fourth-order valence-electron chi connectivity index (χ4n) is 1.31. The first kappa shape index (κ1) is 11.2. The summed E-state index contributed by atoms with van der Waals surface area (Å²) in [5, 5.41) is 2.44. The van der Waals surface area contributed by atoms with Crippen LogP contribution in [0.4, 0.5) is 4.39 Å². The SMILES string of the molecule is O=Cc1csc(Cc2cccc(Cl)c2F)n1. The van der Waals surface area contributed by atoms with Gasteiger partial charge in [0.15, 0.2) is 6.29 Å². The minimum atomic E-state index is -0.424. The second-order valence-corrected chi connectivity index (χ2v) is 4.52. The first-order valence-corrected chi connectivity index (χ1v) is 5.79. The molecule has 0 saturated heterocycles. The van der Waals surface area contributed by atoms with Crippen molar-refractivity contribution in [1.29, 1.82) is 0 Å². The summed E-state index contributed by atoms with van der Waals surface area (Å²) < 4.78 is 13.6. The molecule has 5 heteroatoms. The Balaban J connectivity index is 2.26. The van der Waals surface area contributed by atoms with Gasteiger partial charge in [0.2, 0.25) is 0 Å². The molecule has 2 aromatic rings. The first-order valence-electron chi connectivity index (χ1n) is 4.53. The molecule has 0 aliphatic rings. The monoisotopic (exact) mass is 255 g/mol. The lowest BCUT2D eigenvalue weighted by molar-refractivity contribution is 0.111. The van der Waals surface area contributed by atoms with Gasteiger partial charge in [-0.1, -0.05) is 23.7 Å². The zero-order valence-electron chi connectivity index (χ0n) is 8.11. The molecule has 0 unspecified atom stereocenters. The molecule has 0 bridgehead atoms. The van der Waals surface area contributed by atoms with Gasteiger partial charge in [0.05, 0.1) is 10.0 Å². The van der Waals surface area contributed by atoms with E-state index >= 15 is 0 Å². The Morgan fingerprint density at radius 1 is 1.50 bits per heavy atom. The Kier molecular flexibility index (Phi) is 3.31. The Morgan fingerprint density at radius 2 is 2.31 bits per heavy atom. The van der Waals surface area contributed by atoms with Crippen molar-refractivity contribution in [2.24, 2.45) is 0 Å². The summed E-state index contributed by atoms with van der Waals surface area (Å²) >= 11 is 7.00. The number of hydrogen-bond donors (Lipinski definition) is 0. The van der Waals surface area contributed by atoms with Crippen molar-refractivity contribution in [3.63, 3.8) is 0 Å². The molecule has 0 aliphatic carbocycles. The molecule has 0 N–H and O–H groups in total. The molecule has 0 amide bonds. The molecule has 0 fully saturated rings. The van der Waals surface area contributed by atoms with Gasteiger partial charge in [-0.3, -0.25) is 4.79 Å². The number of halogens is 2. The molecule has 1 heterocycles. The normalized spacial score (nSPS) is 10.4. The molecule has 0 saturated carbocycles. The number of nitrogens with zero attached hydrogens (tertiary/aromatic N) is 1. The predicted molar refractivity (Wildman–Crippen MR) is 61.7 cm³/mol. The lowest BCUT2D eigenvalue weighted by Gasteiger charge is -2.01. The molecule has 0 aliphatic heterocycles. The number of hydrogen-bond acceptors (Lipinski definition) is 3. The van der Waals surface area contributed by atoms with Crippen LogP contribution in [0.5, 0.6) is 0 Å². The fourth-order valence-corrected chi connectivity index (χ4v) is 2.26. The molecule has 1 aromatic heterocycles. The van der Waals surface area contributed by atoms with E-state index in [-0.39, 0.29) is 5.02 Å². The van der Waals surface area contributed by atoms with Crippen LogP contribution in [0.1, 0.15) is 21.1 Å². The average molecular weight is 256 g/mol. The lowest BCUT2D eigenvalue weighted by atomic mass is 10.1. The maximum absolute atomic E-state index is 13.6. The standard InChI is InChI=1S/C11H7ClFNOS/c12-9-3-1-2-7(11(9)13)4-10-14-8(5-15)6-16-10/h1-3,5-6H,4H2. The Hall–Kier alpha value is -1.26. The second-order valence-electron chi connectivity index (χ2n) is 3.17. The van der Waals surface area contributed by atoms with E-state index in [4.69, 9.17) is 11.6 Å². The van der Waals surface area contributed by atoms with Gasteiger partial charge in [0, 0.05) is 11.8 Å². The van der Waals surface area contributed by atoms with E-state index in [2.05, 4.69) is 4.98 Å². The van der Waals surface area contributed by atoms with E-state index in [0.717, 1.165) is 0 Å². The van der Waals surface area contributed by atoms with Crippen LogP contribution in [0.3, 0.4) is 0 Å². The first-order chi connectivity index (χ1) is 7.70. The maximum atomic E-state index is 13.6. The molecule has 0 spiro atoms. The molecule has 0 radical (unpaired) electrons. The maximum Gasteiger partial charge on any atom is 0.169 e. The second kappa shape index (κ2) is 4.72. The van der Waals surface area contributed by atoms with Crippen LogP contribution in [-0.4, -0.2) is 11.3 Å². The van der Waals surface area contributed by atoms with Crippen molar-refractivity contribution in [2.45, 2.75) is 6.42 Å². The van der Waals surface area contributed by atoms with E-state index in [0.29, 0.717) is 29.0 Å².